The van der Waals surface area contributed by atoms with Crippen LogP contribution in [0.1, 0.15) is 59.1 Å². The van der Waals surface area contributed by atoms with Crippen molar-refractivity contribution in [2.45, 2.75) is 59.5 Å². The zero-order valence-electron chi connectivity index (χ0n) is 12.9. The summed E-state index contributed by atoms with van der Waals surface area (Å²) >= 11 is 6.07. The maximum absolute atomic E-state index is 6.07. The van der Waals surface area contributed by atoms with Gasteiger partial charge in [-0.1, -0.05) is 51.4 Å². The summed E-state index contributed by atoms with van der Waals surface area (Å²) in [5, 5.41) is 4.58. The summed E-state index contributed by atoms with van der Waals surface area (Å²) in [7, 11) is 0. The van der Waals surface area contributed by atoms with Gasteiger partial charge in [-0.25, -0.2) is 0 Å². The van der Waals surface area contributed by atoms with Crippen LogP contribution in [0.2, 0.25) is 5.02 Å². The molecule has 0 spiro atoms. The van der Waals surface area contributed by atoms with E-state index >= 15 is 0 Å². The fourth-order valence-electron chi connectivity index (χ4n) is 2.60. The van der Waals surface area contributed by atoms with Gasteiger partial charge >= 0.3 is 0 Å². The van der Waals surface area contributed by atoms with E-state index in [4.69, 9.17) is 11.6 Å². The summed E-state index contributed by atoms with van der Waals surface area (Å²) in [4.78, 5) is 0. The molecule has 0 aliphatic heterocycles. The van der Waals surface area contributed by atoms with Gasteiger partial charge < -0.3 is 5.32 Å². The molecule has 1 aromatic rings. The lowest BCUT2D eigenvalue weighted by Gasteiger charge is -2.26. The van der Waals surface area contributed by atoms with Gasteiger partial charge in [-0.2, -0.15) is 0 Å². The number of benzene rings is 1. The molecule has 0 radical (unpaired) electrons. The first-order valence-corrected chi connectivity index (χ1v) is 7.77. The predicted molar refractivity (Wildman–Crippen MR) is 85.7 cm³/mol. The molecule has 0 saturated carbocycles. The van der Waals surface area contributed by atoms with Crippen LogP contribution in [0.5, 0.6) is 0 Å². The van der Waals surface area contributed by atoms with Gasteiger partial charge in [0.05, 0.1) is 0 Å². The zero-order valence-corrected chi connectivity index (χ0v) is 13.7. The second kappa shape index (κ2) is 7.91. The Labute approximate surface area is 123 Å². The number of halogens is 1. The van der Waals surface area contributed by atoms with Crippen LogP contribution >= 0.6 is 11.6 Å². The summed E-state index contributed by atoms with van der Waals surface area (Å²) in [5.74, 6) is 1.45. The molecule has 2 heteroatoms. The van der Waals surface area contributed by atoms with Gasteiger partial charge in [0.15, 0.2) is 0 Å². The topological polar surface area (TPSA) is 12.0 Å². The number of hydrogen-bond acceptors (Lipinski definition) is 1. The Bertz CT molecular complexity index is 363. The van der Waals surface area contributed by atoms with Crippen molar-refractivity contribution in [2.24, 2.45) is 11.8 Å². The Hall–Kier alpha value is -0.530. The third kappa shape index (κ3) is 6.44. The SMILES string of the molecule is CC(C)CC(CC(C)C)N[C@H](C)c1cccc(Cl)c1. The Morgan fingerprint density at radius 3 is 2.05 bits per heavy atom. The largest absolute Gasteiger partial charge is 0.307 e. The van der Waals surface area contributed by atoms with Crippen molar-refractivity contribution in [3.8, 4) is 0 Å². The molecule has 0 heterocycles. The van der Waals surface area contributed by atoms with E-state index in [0.29, 0.717) is 12.1 Å². The number of hydrogen-bond donors (Lipinski definition) is 1. The fraction of sp³-hybridized carbons (Fsp3) is 0.647. The first kappa shape index (κ1) is 16.5. The van der Waals surface area contributed by atoms with E-state index in [0.717, 1.165) is 16.9 Å². The standard InChI is InChI=1S/C17H28ClN/c1-12(2)9-17(10-13(3)4)19-14(5)15-7-6-8-16(18)11-15/h6-8,11-14,17,19H,9-10H2,1-5H3/t14-/m1/s1. The van der Waals surface area contributed by atoms with Crippen molar-refractivity contribution in [2.75, 3.05) is 0 Å². The molecule has 0 saturated heterocycles. The molecular formula is C17H28ClN. The monoisotopic (exact) mass is 281 g/mol. The quantitative estimate of drug-likeness (QED) is 0.700. The van der Waals surface area contributed by atoms with E-state index in [1.807, 2.05) is 12.1 Å². The first-order valence-electron chi connectivity index (χ1n) is 7.40. The van der Waals surface area contributed by atoms with Crippen LogP contribution in [-0.4, -0.2) is 6.04 Å². The van der Waals surface area contributed by atoms with E-state index in [-0.39, 0.29) is 0 Å². The van der Waals surface area contributed by atoms with Crippen molar-refractivity contribution in [3.63, 3.8) is 0 Å². The lowest BCUT2D eigenvalue weighted by molar-refractivity contribution is 0.335. The van der Waals surface area contributed by atoms with Gasteiger partial charge in [0.2, 0.25) is 0 Å². The third-order valence-corrected chi connectivity index (χ3v) is 3.58. The second-order valence-electron chi connectivity index (χ2n) is 6.40. The van der Waals surface area contributed by atoms with E-state index in [1.165, 1.54) is 18.4 Å². The molecular weight excluding hydrogens is 254 g/mol. The summed E-state index contributed by atoms with van der Waals surface area (Å²) in [5.41, 5.74) is 1.27. The molecule has 0 aliphatic carbocycles. The Balaban J connectivity index is 2.66. The van der Waals surface area contributed by atoms with Crippen LogP contribution in [0.4, 0.5) is 0 Å². The molecule has 1 atom stereocenters. The number of nitrogens with one attached hydrogen (secondary N) is 1. The molecule has 1 rings (SSSR count). The van der Waals surface area contributed by atoms with Crippen molar-refractivity contribution >= 4 is 11.6 Å². The molecule has 1 nitrogen and oxygen atoms in total. The van der Waals surface area contributed by atoms with Crippen LogP contribution in [0, 0.1) is 11.8 Å². The average molecular weight is 282 g/mol. The van der Waals surface area contributed by atoms with Crippen molar-refractivity contribution in [1.82, 2.24) is 5.32 Å². The predicted octanol–water partition coefficient (Wildman–Crippen LogP) is 5.45. The lowest BCUT2D eigenvalue weighted by Crippen LogP contribution is -2.34. The van der Waals surface area contributed by atoms with Crippen LogP contribution in [0.15, 0.2) is 24.3 Å². The molecule has 0 bridgehead atoms. The molecule has 108 valence electrons. The minimum Gasteiger partial charge on any atom is -0.307 e. The summed E-state index contributed by atoms with van der Waals surface area (Å²) < 4.78 is 0. The summed E-state index contributed by atoms with van der Waals surface area (Å²) in [6.07, 6.45) is 2.45. The maximum atomic E-state index is 6.07. The van der Waals surface area contributed by atoms with Gasteiger partial charge in [-0.15, -0.1) is 0 Å². The third-order valence-electron chi connectivity index (χ3n) is 3.35. The summed E-state index contributed by atoms with van der Waals surface area (Å²) in [6, 6.07) is 9.08. The normalized spacial score (nSPS) is 13.5. The van der Waals surface area contributed by atoms with Gasteiger partial charge in [-0.05, 0) is 49.3 Å². The highest BCUT2D eigenvalue weighted by Crippen LogP contribution is 2.21. The van der Waals surface area contributed by atoms with Crippen LogP contribution in [0.3, 0.4) is 0 Å². The Kier molecular flexibility index (Phi) is 6.88. The van der Waals surface area contributed by atoms with Crippen molar-refractivity contribution in [1.29, 1.82) is 0 Å². The molecule has 1 aromatic carbocycles. The second-order valence-corrected chi connectivity index (χ2v) is 6.84. The minimum absolute atomic E-state index is 0.348. The van der Waals surface area contributed by atoms with E-state index in [2.05, 4.69) is 52.1 Å². The maximum Gasteiger partial charge on any atom is 0.0409 e. The van der Waals surface area contributed by atoms with Crippen LogP contribution in [0.25, 0.3) is 0 Å². The van der Waals surface area contributed by atoms with Gasteiger partial charge in [-0.3, -0.25) is 0 Å². The van der Waals surface area contributed by atoms with Gasteiger partial charge in [0.1, 0.15) is 0 Å². The molecule has 0 unspecified atom stereocenters. The molecule has 0 aliphatic rings. The molecule has 1 N–H and O–H groups in total. The highest BCUT2D eigenvalue weighted by atomic mass is 35.5. The number of rotatable bonds is 7. The fourth-order valence-corrected chi connectivity index (χ4v) is 2.79. The van der Waals surface area contributed by atoms with Crippen molar-refractivity contribution < 1.29 is 0 Å². The Morgan fingerprint density at radius 2 is 1.58 bits per heavy atom. The van der Waals surface area contributed by atoms with Crippen molar-refractivity contribution in [3.05, 3.63) is 34.9 Å². The minimum atomic E-state index is 0.348. The molecule has 0 aromatic heterocycles. The highest BCUT2D eigenvalue weighted by molar-refractivity contribution is 6.30. The van der Waals surface area contributed by atoms with E-state index in [1.54, 1.807) is 0 Å². The van der Waals surface area contributed by atoms with Gasteiger partial charge in [0.25, 0.3) is 0 Å². The Morgan fingerprint density at radius 1 is 1.00 bits per heavy atom. The summed E-state index contributed by atoms with van der Waals surface area (Å²) in [6.45, 7) is 11.4. The van der Waals surface area contributed by atoms with Gasteiger partial charge in [0, 0.05) is 17.1 Å². The average Bonchev–Trinajstić information content (AvgIpc) is 2.26. The first-order chi connectivity index (χ1) is 8.88. The van der Waals surface area contributed by atoms with E-state index in [9.17, 15) is 0 Å². The van der Waals surface area contributed by atoms with E-state index < -0.39 is 0 Å². The molecule has 0 amide bonds. The smallest absolute Gasteiger partial charge is 0.0409 e. The molecule has 19 heavy (non-hydrogen) atoms. The van der Waals surface area contributed by atoms with Crippen LogP contribution in [-0.2, 0) is 0 Å². The highest BCUT2D eigenvalue weighted by Gasteiger charge is 2.16. The van der Waals surface area contributed by atoms with Crippen LogP contribution < -0.4 is 5.32 Å². The molecule has 0 fully saturated rings. The zero-order chi connectivity index (χ0) is 14.4. The lowest BCUT2D eigenvalue weighted by atomic mass is 9.94.